The monoisotopic (exact) mass is 384 g/mol. The molecule has 1 aliphatic carbocycles. The largest absolute Gasteiger partial charge is 0.497 e. The molecule has 2 heterocycles. The molecule has 144 valence electrons. The first-order valence-electron chi connectivity index (χ1n) is 9.61. The summed E-state index contributed by atoms with van der Waals surface area (Å²) in [5.74, 6) is 2.13. The number of aryl methyl sites for hydroxylation is 1. The highest BCUT2D eigenvalue weighted by atomic mass is 16.5. The lowest BCUT2D eigenvalue weighted by Gasteiger charge is -2.23. The second-order valence-corrected chi connectivity index (χ2v) is 7.45. The number of ketones is 1. The Morgan fingerprint density at radius 1 is 1.00 bits per heavy atom. The molecule has 2 aromatic carbocycles. The molecule has 0 saturated heterocycles. The van der Waals surface area contributed by atoms with Crippen LogP contribution >= 0.6 is 0 Å². The van der Waals surface area contributed by atoms with Crippen LogP contribution in [0.5, 0.6) is 5.75 Å². The van der Waals surface area contributed by atoms with Crippen LogP contribution in [0.1, 0.15) is 39.5 Å². The summed E-state index contributed by atoms with van der Waals surface area (Å²) < 4.78 is 6.84. The van der Waals surface area contributed by atoms with Gasteiger partial charge in [0.05, 0.1) is 18.4 Å². The van der Waals surface area contributed by atoms with Crippen LogP contribution in [-0.2, 0) is 6.42 Å². The minimum Gasteiger partial charge on any atom is -0.497 e. The van der Waals surface area contributed by atoms with Gasteiger partial charge in [-0.1, -0.05) is 42.0 Å². The van der Waals surface area contributed by atoms with Gasteiger partial charge < -0.3 is 4.74 Å². The normalized spacial score (nSPS) is 16.1. The van der Waals surface area contributed by atoms with Gasteiger partial charge in [0.1, 0.15) is 5.75 Å². The van der Waals surface area contributed by atoms with Crippen LogP contribution in [0.25, 0.3) is 17.2 Å². The van der Waals surface area contributed by atoms with Crippen LogP contribution in [0.3, 0.4) is 0 Å². The Kier molecular flexibility index (Phi) is 4.12. The summed E-state index contributed by atoms with van der Waals surface area (Å²) in [6, 6.07) is 15.9. The lowest BCUT2D eigenvalue weighted by Crippen LogP contribution is -2.21. The van der Waals surface area contributed by atoms with Gasteiger partial charge in [-0.25, -0.2) is 9.50 Å². The summed E-state index contributed by atoms with van der Waals surface area (Å²) in [6.07, 6.45) is 2.94. The van der Waals surface area contributed by atoms with Crippen molar-refractivity contribution in [1.82, 2.24) is 19.6 Å². The van der Waals surface area contributed by atoms with Crippen molar-refractivity contribution >= 4 is 11.6 Å². The number of aromatic nitrogens is 4. The number of carbonyl (C=O) groups is 1. The first-order valence-corrected chi connectivity index (χ1v) is 9.61. The molecule has 0 bridgehead atoms. The number of benzene rings is 2. The van der Waals surface area contributed by atoms with Gasteiger partial charge in [-0.2, -0.15) is 4.98 Å². The Morgan fingerprint density at radius 2 is 1.76 bits per heavy atom. The maximum Gasteiger partial charge on any atom is 0.252 e. The quantitative estimate of drug-likeness (QED) is 0.534. The number of rotatable bonds is 3. The molecule has 4 aromatic rings. The zero-order chi connectivity index (χ0) is 20.0. The molecule has 0 aliphatic heterocycles. The predicted molar refractivity (Wildman–Crippen MR) is 109 cm³/mol. The number of Topliss-reactive ketones (excluding diaryl/α,β-unsaturated/α-hetero) is 1. The van der Waals surface area contributed by atoms with E-state index in [1.54, 1.807) is 17.8 Å². The van der Waals surface area contributed by atoms with Crippen LogP contribution in [0.2, 0.25) is 0 Å². The van der Waals surface area contributed by atoms with E-state index in [0.717, 1.165) is 22.6 Å². The minimum atomic E-state index is 0.0915. The van der Waals surface area contributed by atoms with E-state index in [2.05, 4.69) is 15.1 Å². The lowest BCUT2D eigenvalue weighted by molar-refractivity contribution is 0.0962. The highest BCUT2D eigenvalue weighted by Gasteiger charge is 2.28. The lowest BCUT2D eigenvalue weighted by atomic mass is 9.82. The topological polar surface area (TPSA) is 69.4 Å². The van der Waals surface area contributed by atoms with Crippen molar-refractivity contribution in [3.05, 3.63) is 77.1 Å². The molecule has 0 fully saturated rings. The van der Waals surface area contributed by atoms with E-state index in [-0.39, 0.29) is 11.7 Å². The van der Waals surface area contributed by atoms with Crippen molar-refractivity contribution in [2.45, 2.75) is 25.7 Å². The first-order chi connectivity index (χ1) is 14.1. The third kappa shape index (κ3) is 3.16. The number of carbonyl (C=O) groups excluding carboxylic acids is 1. The summed E-state index contributed by atoms with van der Waals surface area (Å²) >= 11 is 0. The van der Waals surface area contributed by atoms with Gasteiger partial charge >= 0.3 is 0 Å². The standard InChI is InChI=1S/C23H20N4O2/c1-14-3-5-16(6-4-14)22-25-23-24-20-11-17(15-7-9-18(29-2)10-8-15)12-21(28)19(20)13-27(23)26-22/h3-10,13,17H,11-12H2,1-2H3. The van der Waals surface area contributed by atoms with Gasteiger partial charge in [-0.3, -0.25) is 4.79 Å². The molecule has 6 heteroatoms. The van der Waals surface area contributed by atoms with Gasteiger partial charge in [-0.05, 0) is 37.0 Å². The Labute approximate surface area is 168 Å². The third-order valence-corrected chi connectivity index (χ3v) is 5.48. The molecule has 0 saturated carbocycles. The number of ether oxygens (including phenoxy) is 1. The molecule has 0 N–H and O–H groups in total. The van der Waals surface area contributed by atoms with Crippen LogP contribution in [-0.4, -0.2) is 32.5 Å². The number of nitrogens with zero attached hydrogens (tertiary/aromatic N) is 4. The first kappa shape index (κ1) is 17.6. The van der Waals surface area contributed by atoms with Crippen molar-refractivity contribution in [1.29, 1.82) is 0 Å². The molecular formula is C23H20N4O2. The maximum absolute atomic E-state index is 12.8. The van der Waals surface area contributed by atoms with E-state index in [4.69, 9.17) is 4.74 Å². The molecule has 1 unspecified atom stereocenters. The van der Waals surface area contributed by atoms with Crippen LogP contribution < -0.4 is 4.74 Å². The van der Waals surface area contributed by atoms with Crippen LogP contribution in [0.4, 0.5) is 0 Å². The van der Waals surface area contributed by atoms with Crippen molar-refractivity contribution < 1.29 is 9.53 Å². The highest BCUT2D eigenvalue weighted by molar-refractivity contribution is 5.98. The molecule has 1 atom stereocenters. The molecule has 29 heavy (non-hydrogen) atoms. The highest BCUT2D eigenvalue weighted by Crippen LogP contribution is 2.33. The van der Waals surface area contributed by atoms with Gasteiger partial charge in [0, 0.05) is 18.2 Å². The average molecular weight is 384 g/mol. The summed E-state index contributed by atoms with van der Waals surface area (Å²) in [4.78, 5) is 22.1. The smallest absolute Gasteiger partial charge is 0.252 e. The van der Waals surface area contributed by atoms with Gasteiger partial charge in [0.2, 0.25) is 0 Å². The van der Waals surface area contributed by atoms with E-state index >= 15 is 0 Å². The van der Waals surface area contributed by atoms with Gasteiger partial charge in [0.15, 0.2) is 11.6 Å². The van der Waals surface area contributed by atoms with Gasteiger partial charge in [0.25, 0.3) is 5.78 Å². The Morgan fingerprint density at radius 3 is 2.48 bits per heavy atom. The van der Waals surface area contributed by atoms with Crippen LogP contribution in [0.15, 0.2) is 54.7 Å². The number of hydrogen-bond donors (Lipinski definition) is 0. The molecule has 5 rings (SSSR count). The fourth-order valence-electron chi connectivity index (χ4n) is 3.82. The summed E-state index contributed by atoms with van der Waals surface area (Å²) in [7, 11) is 1.65. The third-order valence-electron chi connectivity index (χ3n) is 5.48. The van der Waals surface area contributed by atoms with E-state index < -0.39 is 0 Å². The Balaban J connectivity index is 1.51. The van der Waals surface area contributed by atoms with E-state index in [9.17, 15) is 4.79 Å². The van der Waals surface area contributed by atoms with Crippen molar-refractivity contribution in [3.8, 4) is 17.1 Å². The maximum atomic E-state index is 12.8. The predicted octanol–water partition coefficient (Wildman–Crippen LogP) is 4.02. The molecule has 1 aliphatic rings. The Bertz CT molecular complexity index is 1210. The number of fused-ring (bicyclic) bond motifs is 2. The van der Waals surface area contributed by atoms with E-state index in [1.165, 1.54) is 5.56 Å². The molecule has 0 amide bonds. The Hall–Kier alpha value is -3.54. The fourth-order valence-corrected chi connectivity index (χ4v) is 3.82. The average Bonchev–Trinajstić information content (AvgIpc) is 3.16. The summed E-state index contributed by atoms with van der Waals surface area (Å²) in [5, 5.41) is 4.53. The van der Waals surface area contributed by atoms with E-state index in [1.807, 2.05) is 55.5 Å². The van der Waals surface area contributed by atoms with Crippen molar-refractivity contribution in [2.75, 3.05) is 7.11 Å². The van der Waals surface area contributed by atoms with Crippen LogP contribution in [0, 0.1) is 6.92 Å². The summed E-state index contributed by atoms with van der Waals surface area (Å²) in [5.41, 5.74) is 4.66. The fraction of sp³-hybridized carbons (Fsp3) is 0.217. The SMILES string of the molecule is COc1ccc(C2CC(=O)c3cn4nc(-c5ccc(C)cc5)nc4nc3C2)cc1. The second-order valence-electron chi connectivity index (χ2n) is 7.45. The van der Waals surface area contributed by atoms with Crippen molar-refractivity contribution in [2.24, 2.45) is 0 Å². The van der Waals surface area contributed by atoms with E-state index in [0.29, 0.717) is 30.0 Å². The van der Waals surface area contributed by atoms with Gasteiger partial charge in [-0.15, -0.1) is 5.10 Å². The molecule has 6 nitrogen and oxygen atoms in total. The second kappa shape index (κ2) is 6.81. The number of hydrogen-bond acceptors (Lipinski definition) is 5. The zero-order valence-corrected chi connectivity index (χ0v) is 16.3. The molecule has 0 radical (unpaired) electrons. The zero-order valence-electron chi connectivity index (χ0n) is 16.3. The molecule has 0 spiro atoms. The number of methoxy groups -OCH3 is 1. The summed E-state index contributed by atoms with van der Waals surface area (Å²) in [6.45, 7) is 2.04. The van der Waals surface area contributed by atoms with Crippen molar-refractivity contribution in [3.63, 3.8) is 0 Å². The minimum absolute atomic E-state index is 0.0915. The molecular weight excluding hydrogens is 364 g/mol. The molecule has 2 aromatic heterocycles.